The molecule has 2 amide bonds. The normalized spacial score (nSPS) is 10.2. The van der Waals surface area contributed by atoms with Gasteiger partial charge in [0.1, 0.15) is 5.75 Å². The van der Waals surface area contributed by atoms with Crippen molar-refractivity contribution < 1.29 is 14.3 Å². The van der Waals surface area contributed by atoms with Crippen LogP contribution in [0, 0.1) is 0 Å². The number of carbonyl (C=O) groups excluding carboxylic acids is 2. The number of anilines is 1. The van der Waals surface area contributed by atoms with Crippen LogP contribution in [-0.4, -0.2) is 35.1 Å². The first-order valence-corrected chi connectivity index (χ1v) is 7.63. The fourth-order valence-electron chi connectivity index (χ4n) is 1.67. The van der Waals surface area contributed by atoms with Crippen LogP contribution in [0.4, 0.5) is 15.3 Å². The average Bonchev–Trinajstić information content (AvgIpc) is 2.39. The van der Waals surface area contributed by atoms with Crippen LogP contribution in [0.15, 0.2) is 24.3 Å². The zero-order valence-corrected chi connectivity index (χ0v) is 13.0. The molecule has 5 nitrogen and oxygen atoms in total. The van der Waals surface area contributed by atoms with Gasteiger partial charge in [0.05, 0.1) is 0 Å². The summed E-state index contributed by atoms with van der Waals surface area (Å²) in [5.74, 6) is 0.410. The monoisotopic (exact) mass is 296 g/mol. The third-order valence-electron chi connectivity index (χ3n) is 2.67. The lowest BCUT2D eigenvalue weighted by atomic mass is 10.3. The minimum Gasteiger partial charge on any atom is -0.410 e. The molecule has 0 atom stereocenters. The smallest absolute Gasteiger partial charge is 0.410 e. The van der Waals surface area contributed by atoms with Crippen molar-refractivity contribution in [1.82, 2.24) is 4.90 Å². The van der Waals surface area contributed by atoms with E-state index in [4.69, 9.17) is 4.74 Å². The third-order valence-corrected chi connectivity index (χ3v) is 3.14. The Balaban J connectivity index is 2.75. The average molecular weight is 296 g/mol. The Hall–Kier alpha value is -1.69. The molecule has 0 radical (unpaired) electrons. The second-order valence-corrected chi connectivity index (χ2v) is 5.17. The van der Waals surface area contributed by atoms with Gasteiger partial charge in [0.2, 0.25) is 0 Å². The zero-order valence-electron chi connectivity index (χ0n) is 12.2. The first-order valence-electron chi connectivity index (χ1n) is 6.41. The number of nitrogens with zero attached hydrogens (tertiary/aromatic N) is 1. The van der Waals surface area contributed by atoms with Crippen LogP contribution >= 0.6 is 11.8 Å². The fraction of sp³-hybridized carbons (Fsp3) is 0.429. The molecular weight excluding hydrogens is 276 g/mol. The standard InChI is InChI=1S/C14H20N2O3S/c1-5-16(10(2)3)14(18)19-12-8-6-7-11(9-12)15-13(17)20-4/h6-10H,5H2,1-4H3,(H,15,17). The minimum atomic E-state index is -0.393. The maximum Gasteiger partial charge on any atom is 0.415 e. The number of hydrogen-bond donors (Lipinski definition) is 1. The summed E-state index contributed by atoms with van der Waals surface area (Å²) >= 11 is 1.09. The van der Waals surface area contributed by atoms with Crippen molar-refractivity contribution in [2.45, 2.75) is 26.8 Å². The first-order chi connectivity index (χ1) is 9.47. The van der Waals surface area contributed by atoms with Crippen LogP contribution in [0.3, 0.4) is 0 Å². The highest BCUT2D eigenvalue weighted by molar-refractivity contribution is 8.13. The molecule has 0 spiro atoms. The summed E-state index contributed by atoms with van der Waals surface area (Å²) < 4.78 is 5.31. The molecule has 110 valence electrons. The van der Waals surface area contributed by atoms with E-state index < -0.39 is 6.09 Å². The molecular formula is C14H20N2O3S. The molecule has 0 aliphatic carbocycles. The molecule has 20 heavy (non-hydrogen) atoms. The largest absolute Gasteiger partial charge is 0.415 e. The van der Waals surface area contributed by atoms with Crippen LogP contribution in [0.5, 0.6) is 5.75 Å². The fourth-order valence-corrected chi connectivity index (χ4v) is 1.89. The van der Waals surface area contributed by atoms with E-state index >= 15 is 0 Å². The minimum absolute atomic E-state index is 0.0758. The Labute approximate surface area is 123 Å². The number of benzene rings is 1. The molecule has 6 heteroatoms. The second kappa shape index (κ2) is 7.79. The number of rotatable bonds is 4. The Bertz CT molecular complexity index is 477. The van der Waals surface area contributed by atoms with Gasteiger partial charge in [0, 0.05) is 24.3 Å². The zero-order chi connectivity index (χ0) is 15.1. The van der Waals surface area contributed by atoms with Crippen molar-refractivity contribution in [3.8, 4) is 5.75 Å². The van der Waals surface area contributed by atoms with Gasteiger partial charge in [-0.2, -0.15) is 0 Å². The van der Waals surface area contributed by atoms with Crippen molar-refractivity contribution in [2.24, 2.45) is 0 Å². The highest BCUT2D eigenvalue weighted by atomic mass is 32.2. The lowest BCUT2D eigenvalue weighted by molar-refractivity contribution is 0.142. The van der Waals surface area contributed by atoms with Crippen molar-refractivity contribution in [2.75, 3.05) is 18.1 Å². The van der Waals surface area contributed by atoms with Crippen molar-refractivity contribution in [1.29, 1.82) is 0 Å². The second-order valence-electron chi connectivity index (χ2n) is 4.39. The molecule has 0 saturated heterocycles. The molecule has 0 aliphatic heterocycles. The summed E-state index contributed by atoms with van der Waals surface area (Å²) in [6, 6.07) is 6.85. The number of nitrogens with one attached hydrogen (secondary N) is 1. The van der Waals surface area contributed by atoms with Crippen molar-refractivity contribution >= 4 is 28.8 Å². The third kappa shape index (κ3) is 4.77. The lowest BCUT2D eigenvalue weighted by Gasteiger charge is -2.24. The Morgan fingerprint density at radius 3 is 2.65 bits per heavy atom. The van der Waals surface area contributed by atoms with E-state index in [1.165, 1.54) is 0 Å². The number of thioether (sulfide) groups is 1. The molecule has 0 heterocycles. The van der Waals surface area contributed by atoms with E-state index in [1.807, 2.05) is 20.8 Å². The molecule has 0 unspecified atom stereocenters. The van der Waals surface area contributed by atoms with Gasteiger partial charge < -0.3 is 15.0 Å². The van der Waals surface area contributed by atoms with E-state index in [0.717, 1.165) is 11.8 Å². The van der Waals surface area contributed by atoms with Gasteiger partial charge in [-0.15, -0.1) is 0 Å². The summed E-state index contributed by atoms with van der Waals surface area (Å²) in [6.45, 7) is 6.34. The van der Waals surface area contributed by atoms with E-state index in [0.29, 0.717) is 18.0 Å². The number of carbonyl (C=O) groups is 2. The maximum absolute atomic E-state index is 12.0. The summed E-state index contributed by atoms with van der Waals surface area (Å²) in [5, 5.41) is 2.53. The highest BCUT2D eigenvalue weighted by Gasteiger charge is 2.17. The van der Waals surface area contributed by atoms with Gasteiger partial charge >= 0.3 is 6.09 Å². The van der Waals surface area contributed by atoms with Crippen LogP contribution in [0.1, 0.15) is 20.8 Å². The molecule has 0 bridgehead atoms. The predicted molar refractivity (Wildman–Crippen MR) is 82.5 cm³/mol. The SMILES string of the molecule is CCN(C(=O)Oc1cccc(NC(=O)SC)c1)C(C)C. The summed E-state index contributed by atoms with van der Waals surface area (Å²) in [6.07, 6.45) is 1.30. The Morgan fingerprint density at radius 2 is 2.10 bits per heavy atom. The summed E-state index contributed by atoms with van der Waals surface area (Å²) in [4.78, 5) is 24.9. The Kier molecular flexibility index (Phi) is 6.38. The van der Waals surface area contributed by atoms with E-state index in [-0.39, 0.29) is 11.3 Å². The van der Waals surface area contributed by atoms with Crippen molar-refractivity contribution in [3.63, 3.8) is 0 Å². The number of amides is 2. The molecule has 1 rings (SSSR count). The molecule has 1 aromatic rings. The molecule has 0 aromatic heterocycles. The number of ether oxygens (including phenoxy) is 1. The van der Waals surface area contributed by atoms with Crippen molar-refractivity contribution in [3.05, 3.63) is 24.3 Å². The van der Waals surface area contributed by atoms with Crippen LogP contribution in [0.25, 0.3) is 0 Å². The van der Waals surface area contributed by atoms with Gasteiger partial charge in [-0.3, -0.25) is 4.79 Å². The van der Waals surface area contributed by atoms with E-state index in [1.54, 1.807) is 35.4 Å². The van der Waals surface area contributed by atoms with Gasteiger partial charge in [0.25, 0.3) is 5.24 Å². The quantitative estimate of drug-likeness (QED) is 0.918. The van der Waals surface area contributed by atoms with Gasteiger partial charge in [-0.1, -0.05) is 17.8 Å². The van der Waals surface area contributed by atoms with Gasteiger partial charge in [-0.05, 0) is 39.2 Å². The highest BCUT2D eigenvalue weighted by Crippen LogP contribution is 2.19. The lowest BCUT2D eigenvalue weighted by Crippen LogP contribution is -2.38. The molecule has 1 N–H and O–H groups in total. The summed E-state index contributed by atoms with van der Waals surface area (Å²) in [7, 11) is 0. The van der Waals surface area contributed by atoms with Gasteiger partial charge in [0.15, 0.2) is 0 Å². The van der Waals surface area contributed by atoms with Crippen LogP contribution < -0.4 is 10.1 Å². The predicted octanol–water partition coefficient (Wildman–Crippen LogP) is 3.81. The summed E-state index contributed by atoms with van der Waals surface area (Å²) in [5.41, 5.74) is 0.599. The molecule has 0 fully saturated rings. The maximum atomic E-state index is 12.0. The van der Waals surface area contributed by atoms with Crippen LogP contribution in [0.2, 0.25) is 0 Å². The molecule has 0 aliphatic rings. The van der Waals surface area contributed by atoms with E-state index in [9.17, 15) is 9.59 Å². The Morgan fingerprint density at radius 1 is 1.40 bits per heavy atom. The first kappa shape index (κ1) is 16.4. The number of hydrogen-bond acceptors (Lipinski definition) is 4. The van der Waals surface area contributed by atoms with Gasteiger partial charge in [-0.25, -0.2) is 4.79 Å². The molecule has 0 saturated carbocycles. The topological polar surface area (TPSA) is 58.6 Å². The van der Waals surface area contributed by atoms with E-state index in [2.05, 4.69) is 5.32 Å². The van der Waals surface area contributed by atoms with Crippen LogP contribution in [-0.2, 0) is 0 Å². The molecule has 1 aromatic carbocycles.